The van der Waals surface area contributed by atoms with Crippen molar-refractivity contribution in [1.82, 2.24) is 5.32 Å². The van der Waals surface area contributed by atoms with Gasteiger partial charge in [0.2, 0.25) is 0 Å². The molecule has 1 rings (SSSR count). The Morgan fingerprint density at radius 2 is 2.00 bits per heavy atom. The highest BCUT2D eigenvalue weighted by Gasteiger charge is 2.36. The Hall–Kier alpha value is -2.30. The van der Waals surface area contributed by atoms with E-state index in [0.29, 0.717) is 6.42 Å². The maximum atomic E-state index is 11.9. The molecule has 5 heteroatoms. The van der Waals surface area contributed by atoms with Crippen molar-refractivity contribution in [2.24, 2.45) is 0 Å². The summed E-state index contributed by atoms with van der Waals surface area (Å²) in [5.41, 5.74) is -0.279. The van der Waals surface area contributed by atoms with Crippen molar-refractivity contribution >= 4 is 12.1 Å². The Kier molecular flexibility index (Phi) is 5.77. The number of carbonyl (C=O) groups excluding carboxylic acids is 2. The molecule has 0 saturated heterocycles. The molecule has 0 aliphatic carbocycles. The van der Waals surface area contributed by atoms with E-state index in [1.54, 1.807) is 6.92 Å². The number of amides is 1. The molecule has 1 unspecified atom stereocenters. The molecule has 0 aliphatic rings. The van der Waals surface area contributed by atoms with Crippen LogP contribution in [-0.4, -0.2) is 31.3 Å². The van der Waals surface area contributed by atoms with E-state index in [-0.39, 0.29) is 6.61 Å². The molecule has 1 N–H and O–H groups in total. The predicted molar refractivity (Wildman–Crippen MR) is 75.2 cm³/mol. The Labute approximate surface area is 118 Å². The Morgan fingerprint density at radius 1 is 1.35 bits per heavy atom. The summed E-state index contributed by atoms with van der Waals surface area (Å²) >= 11 is 0. The van der Waals surface area contributed by atoms with Gasteiger partial charge in [-0.2, -0.15) is 0 Å². The Morgan fingerprint density at radius 3 is 2.55 bits per heavy atom. The van der Waals surface area contributed by atoms with Gasteiger partial charge >= 0.3 is 12.1 Å². The number of alkyl carbamates (subject to hydrolysis) is 1. The summed E-state index contributed by atoms with van der Waals surface area (Å²) in [6, 6.07) is 9.35. The van der Waals surface area contributed by atoms with E-state index in [4.69, 9.17) is 9.47 Å². The normalized spacial score (nSPS) is 12.9. The number of benzene rings is 1. The van der Waals surface area contributed by atoms with Crippen LogP contribution in [0.4, 0.5) is 4.79 Å². The molecule has 5 nitrogen and oxygen atoms in total. The smallest absolute Gasteiger partial charge is 0.408 e. The number of carbonyl (C=O) groups is 2. The van der Waals surface area contributed by atoms with Crippen molar-refractivity contribution in [2.75, 3.05) is 13.7 Å². The van der Waals surface area contributed by atoms with Crippen LogP contribution in [-0.2, 0) is 20.7 Å². The lowest BCUT2D eigenvalue weighted by atomic mass is 9.93. The molecule has 0 aliphatic heterocycles. The molecule has 0 heterocycles. The van der Waals surface area contributed by atoms with Crippen LogP contribution < -0.4 is 5.32 Å². The highest BCUT2D eigenvalue weighted by molar-refractivity contribution is 5.85. The Balaban J connectivity index is 2.83. The maximum Gasteiger partial charge on any atom is 0.408 e. The Bertz CT molecular complexity index is 472. The van der Waals surface area contributed by atoms with Crippen LogP contribution in [0.3, 0.4) is 0 Å². The second kappa shape index (κ2) is 7.33. The molecule has 1 aromatic carbocycles. The van der Waals surface area contributed by atoms with Crippen molar-refractivity contribution in [3.63, 3.8) is 0 Å². The van der Waals surface area contributed by atoms with Crippen LogP contribution in [0, 0.1) is 0 Å². The monoisotopic (exact) mass is 277 g/mol. The average molecular weight is 277 g/mol. The zero-order chi connectivity index (χ0) is 15.0. The lowest BCUT2D eigenvalue weighted by Gasteiger charge is -2.27. The highest BCUT2D eigenvalue weighted by atomic mass is 16.6. The first-order valence-electron chi connectivity index (χ1n) is 6.20. The number of ether oxygens (including phenoxy) is 2. The van der Waals surface area contributed by atoms with Gasteiger partial charge < -0.3 is 14.8 Å². The lowest BCUT2D eigenvalue weighted by molar-refractivity contribution is -0.147. The maximum absolute atomic E-state index is 11.9. The summed E-state index contributed by atoms with van der Waals surface area (Å²) in [7, 11) is 1.28. The van der Waals surface area contributed by atoms with Crippen molar-refractivity contribution in [1.29, 1.82) is 0 Å². The molecule has 0 bridgehead atoms. The third-order valence-corrected chi connectivity index (χ3v) is 2.75. The van der Waals surface area contributed by atoms with Crippen LogP contribution in [0.25, 0.3) is 0 Å². The number of rotatable bonds is 6. The fourth-order valence-electron chi connectivity index (χ4n) is 1.79. The number of nitrogens with one attached hydrogen (secondary N) is 1. The number of hydrogen-bond acceptors (Lipinski definition) is 4. The topological polar surface area (TPSA) is 64.6 Å². The minimum atomic E-state index is -1.19. The van der Waals surface area contributed by atoms with Crippen LogP contribution in [0.2, 0.25) is 0 Å². The van der Waals surface area contributed by atoms with Gasteiger partial charge in [0, 0.05) is 6.42 Å². The molecule has 1 amide bonds. The molecule has 0 aromatic heterocycles. The van der Waals surface area contributed by atoms with Gasteiger partial charge in [-0.15, -0.1) is 0 Å². The van der Waals surface area contributed by atoms with E-state index in [9.17, 15) is 9.59 Å². The molecule has 0 spiro atoms. The molecule has 0 fully saturated rings. The van der Waals surface area contributed by atoms with E-state index in [2.05, 4.69) is 11.9 Å². The number of hydrogen-bond donors (Lipinski definition) is 1. The summed E-state index contributed by atoms with van der Waals surface area (Å²) in [4.78, 5) is 23.6. The molecule has 1 atom stereocenters. The summed E-state index contributed by atoms with van der Waals surface area (Å²) in [6.07, 6.45) is 1.07. The molecule has 0 saturated carbocycles. The summed E-state index contributed by atoms with van der Waals surface area (Å²) < 4.78 is 9.61. The average Bonchev–Trinajstić information content (AvgIpc) is 2.45. The van der Waals surface area contributed by atoms with Gasteiger partial charge in [0.05, 0.1) is 7.11 Å². The third kappa shape index (κ3) is 4.42. The van der Waals surface area contributed by atoms with Crippen LogP contribution in [0.15, 0.2) is 43.0 Å². The van der Waals surface area contributed by atoms with E-state index >= 15 is 0 Å². The molecule has 20 heavy (non-hydrogen) atoms. The first-order valence-corrected chi connectivity index (χ1v) is 6.20. The summed E-state index contributed by atoms with van der Waals surface area (Å²) in [5.74, 6) is -0.531. The van der Waals surface area contributed by atoms with Crippen LogP contribution in [0.1, 0.15) is 12.5 Å². The summed E-state index contributed by atoms with van der Waals surface area (Å²) in [6.45, 7) is 5.13. The van der Waals surface area contributed by atoms with Gasteiger partial charge in [-0.3, -0.25) is 0 Å². The summed E-state index contributed by atoms with van der Waals surface area (Å²) in [5, 5.41) is 2.54. The molecule has 1 aromatic rings. The van der Waals surface area contributed by atoms with E-state index in [1.165, 1.54) is 13.2 Å². The fourth-order valence-corrected chi connectivity index (χ4v) is 1.79. The molecular weight excluding hydrogens is 258 g/mol. The van der Waals surface area contributed by atoms with E-state index < -0.39 is 17.6 Å². The first-order chi connectivity index (χ1) is 9.51. The minimum Gasteiger partial charge on any atom is -0.467 e. The van der Waals surface area contributed by atoms with Crippen molar-refractivity contribution < 1.29 is 19.1 Å². The van der Waals surface area contributed by atoms with Crippen LogP contribution >= 0.6 is 0 Å². The quantitative estimate of drug-likeness (QED) is 0.638. The van der Waals surface area contributed by atoms with E-state index in [1.807, 2.05) is 30.3 Å². The van der Waals surface area contributed by atoms with Crippen LogP contribution in [0.5, 0.6) is 0 Å². The largest absolute Gasteiger partial charge is 0.467 e. The number of methoxy groups -OCH3 is 1. The van der Waals surface area contributed by atoms with Gasteiger partial charge in [0.1, 0.15) is 12.1 Å². The standard InChI is InChI=1S/C15H19NO4/c1-4-10-20-14(18)16-15(2,13(17)19-3)11-12-8-6-5-7-9-12/h4-9H,1,10-11H2,2-3H3,(H,16,18). The molecular formula is C15H19NO4. The van der Waals surface area contributed by atoms with E-state index in [0.717, 1.165) is 5.56 Å². The third-order valence-electron chi connectivity index (χ3n) is 2.75. The SMILES string of the molecule is C=CCOC(=O)NC(C)(Cc1ccccc1)C(=O)OC. The van der Waals surface area contributed by atoms with Crippen molar-refractivity contribution in [3.8, 4) is 0 Å². The molecule has 0 radical (unpaired) electrons. The van der Waals surface area contributed by atoms with Gasteiger partial charge in [0.15, 0.2) is 0 Å². The van der Waals surface area contributed by atoms with Gasteiger partial charge in [-0.25, -0.2) is 9.59 Å². The highest BCUT2D eigenvalue weighted by Crippen LogP contribution is 2.15. The molecule has 108 valence electrons. The second-order valence-electron chi connectivity index (χ2n) is 4.50. The zero-order valence-corrected chi connectivity index (χ0v) is 11.7. The zero-order valence-electron chi connectivity index (χ0n) is 11.7. The first kappa shape index (κ1) is 15.8. The van der Waals surface area contributed by atoms with Crippen molar-refractivity contribution in [2.45, 2.75) is 18.9 Å². The second-order valence-corrected chi connectivity index (χ2v) is 4.50. The fraction of sp³-hybridized carbons (Fsp3) is 0.333. The minimum absolute atomic E-state index is 0.0778. The van der Waals surface area contributed by atoms with Gasteiger partial charge in [0.25, 0.3) is 0 Å². The van der Waals surface area contributed by atoms with Gasteiger partial charge in [-0.1, -0.05) is 43.0 Å². The predicted octanol–water partition coefficient (Wildman–Crippen LogP) is 2.07. The lowest BCUT2D eigenvalue weighted by Crippen LogP contribution is -2.54. The van der Waals surface area contributed by atoms with Crippen molar-refractivity contribution in [3.05, 3.63) is 48.6 Å². The number of esters is 1. The van der Waals surface area contributed by atoms with Gasteiger partial charge in [-0.05, 0) is 12.5 Å².